The highest BCUT2D eigenvalue weighted by atomic mass is 127. The molecule has 0 aromatic rings. The minimum Gasteiger partial charge on any atom is -0.463 e. The van der Waals surface area contributed by atoms with E-state index in [0.29, 0.717) is 32.6 Å². The zero-order valence-corrected chi connectivity index (χ0v) is 31.8. The van der Waals surface area contributed by atoms with Gasteiger partial charge in [-0.15, -0.1) is 0 Å². The lowest BCUT2D eigenvalue weighted by molar-refractivity contribution is -0.154. The van der Waals surface area contributed by atoms with Gasteiger partial charge in [0, 0.05) is 94.9 Å². The normalized spacial score (nSPS) is 13.1. The predicted molar refractivity (Wildman–Crippen MR) is 189 cm³/mol. The summed E-state index contributed by atoms with van der Waals surface area (Å²) in [5, 5.41) is 9.25. The van der Waals surface area contributed by atoms with E-state index in [0.717, 1.165) is 72.0 Å². The highest BCUT2D eigenvalue weighted by Gasteiger charge is 2.17. The minimum absolute atomic E-state index is 0.143. The third-order valence-electron chi connectivity index (χ3n) is 7.88. The first-order valence-electron chi connectivity index (χ1n) is 16.9. The van der Waals surface area contributed by atoms with Crippen molar-refractivity contribution >= 4 is 34.8 Å². The van der Waals surface area contributed by atoms with Gasteiger partial charge in [0.05, 0.1) is 25.6 Å². The maximum absolute atomic E-state index is 12.5. The lowest BCUT2D eigenvalue weighted by Gasteiger charge is -2.27. The zero-order valence-electron chi connectivity index (χ0n) is 29.6. The van der Waals surface area contributed by atoms with E-state index in [1.54, 1.807) is 4.90 Å². The van der Waals surface area contributed by atoms with Crippen molar-refractivity contribution < 1.29 is 23.8 Å². The summed E-state index contributed by atoms with van der Waals surface area (Å²) in [4.78, 5) is 36.1. The molecule has 0 aromatic carbocycles. The van der Waals surface area contributed by atoms with Crippen molar-refractivity contribution in [2.75, 3.05) is 118 Å². The molecule has 45 heavy (non-hydrogen) atoms. The first-order valence-corrected chi connectivity index (χ1v) is 17.9. The standard InChI is InChI=1S/C32H64IN7O5/c1-9-36(10-2)20-23-39(19-18-35(8)33)17-15-32(42)45-30(7)27-43-29(6)26-44-31(41)14-16-40(24-21-37(11-3)12-4)25-22-38(13-5)28-34/h29-30H,9-27H2,1-8H3. The van der Waals surface area contributed by atoms with E-state index < -0.39 is 6.10 Å². The number of esters is 2. The molecule has 0 aliphatic rings. The average molecular weight is 754 g/mol. The van der Waals surface area contributed by atoms with Gasteiger partial charge in [0.15, 0.2) is 6.19 Å². The second-order valence-corrected chi connectivity index (χ2v) is 13.0. The Hall–Kier alpha value is -1.28. The predicted octanol–water partition coefficient (Wildman–Crippen LogP) is 3.02. The van der Waals surface area contributed by atoms with Gasteiger partial charge in [-0.05, 0) is 54.0 Å². The highest BCUT2D eigenvalue weighted by Crippen LogP contribution is 2.04. The van der Waals surface area contributed by atoms with Crippen LogP contribution in [0.4, 0.5) is 0 Å². The first-order chi connectivity index (χ1) is 21.5. The Morgan fingerprint density at radius 1 is 0.644 bits per heavy atom. The molecular formula is C32H64IN7O5. The summed E-state index contributed by atoms with van der Waals surface area (Å²) >= 11 is 2.28. The SMILES string of the molecule is CCN(C#N)CCN(CCC(=O)OCC(C)OCC(C)OC(=O)CCN(CCN(C)I)CCN(CC)CC)CCN(CC)CC. The molecule has 0 aliphatic heterocycles. The molecule has 0 heterocycles. The zero-order chi connectivity index (χ0) is 34.0. The van der Waals surface area contributed by atoms with Gasteiger partial charge in [-0.25, -0.2) is 3.11 Å². The van der Waals surface area contributed by atoms with Crippen LogP contribution < -0.4 is 0 Å². The maximum atomic E-state index is 12.5. The Labute approximate surface area is 288 Å². The summed E-state index contributed by atoms with van der Waals surface area (Å²) in [7, 11) is 2.05. The molecule has 0 aliphatic carbocycles. The van der Waals surface area contributed by atoms with E-state index in [9.17, 15) is 14.9 Å². The van der Waals surface area contributed by atoms with E-state index in [-0.39, 0.29) is 37.7 Å². The van der Waals surface area contributed by atoms with E-state index in [1.165, 1.54) is 0 Å². The molecule has 0 rings (SSSR count). The second-order valence-electron chi connectivity index (χ2n) is 11.4. The molecule has 0 aromatic heterocycles. The molecule has 0 radical (unpaired) electrons. The van der Waals surface area contributed by atoms with Crippen molar-refractivity contribution in [3.05, 3.63) is 0 Å². The molecule has 0 saturated heterocycles. The Morgan fingerprint density at radius 3 is 1.58 bits per heavy atom. The molecule has 0 amide bonds. The molecule has 12 nitrogen and oxygen atoms in total. The molecular weight excluding hydrogens is 689 g/mol. The molecule has 0 spiro atoms. The number of ether oxygens (including phenoxy) is 3. The fraction of sp³-hybridized carbons (Fsp3) is 0.906. The summed E-state index contributed by atoms with van der Waals surface area (Å²) in [5.41, 5.74) is 0. The molecule has 0 saturated carbocycles. The smallest absolute Gasteiger partial charge is 0.307 e. The summed E-state index contributed by atoms with van der Waals surface area (Å²) < 4.78 is 19.0. The number of nitriles is 1. The van der Waals surface area contributed by atoms with Crippen molar-refractivity contribution in [2.24, 2.45) is 0 Å². The summed E-state index contributed by atoms with van der Waals surface area (Å²) in [6.45, 7) is 27.4. The van der Waals surface area contributed by atoms with E-state index >= 15 is 0 Å². The van der Waals surface area contributed by atoms with Crippen LogP contribution in [0.2, 0.25) is 0 Å². The Bertz CT molecular complexity index is 796. The van der Waals surface area contributed by atoms with E-state index in [2.05, 4.69) is 79.5 Å². The van der Waals surface area contributed by atoms with Gasteiger partial charge < -0.3 is 33.8 Å². The second kappa shape index (κ2) is 27.8. The van der Waals surface area contributed by atoms with Crippen molar-refractivity contribution in [3.8, 4) is 6.19 Å². The monoisotopic (exact) mass is 753 g/mol. The molecule has 0 fully saturated rings. The quantitative estimate of drug-likeness (QED) is 0.0369. The number of carbonyl (C=O) groups excluding carboxylic acids is 2. The molecule has 13 heteroatoms. The van der Waals surface area contributed by atoms with Crippen LogP contribution in [0.15, 0.2) is 0 Å². The van der Waals surface area contributed by atoms with Crippen LogP contribution in [0.3, 0.4) is 0 Å². The summed E-state index contributed by atoms with van der Waals surface area (Å²) in [6.07, 6.45) is 2.11. The first kappa shape index (κ1) is 43.7. The van der Waals surface area contributed by atoms with Crippen molar-refractivity contribution in [1.82, 2.24) is 27.6 Å². The number of likely N-dealkylation sites (N-methyl/N-ethyl adjacent to an activating group) is 4. The number of hydrogen-bond acceptors (Lipinski definition) is 12. The van der Waals surface area contributed by atoms with Gasteiger partial charge in [0.2, 0.25) is 0 Å². The third-order valence-corrected chi connectivity index (χ3v) is 8.36. The van der Waals surface area contributed by atoms with Crippen LogP contribution in [-0.4, -0.2) is 170 Å². The number of carbonyl (C=O) groups is 2. The number of nitrogens with zero attached hydrogens (tertiary/aromatic N) is 7. The van der Waals surface area contributed by atoms with Gasteiger partial charge in [-0.3, -0.25) is 14.5 Å². The fourth-order valence-electron chi connectivity index (χ4n) is 4.58. The molecule has 0 bridgehead atoms. The molecule has 2 atom stereocenters. The van der Waals surface area contributed by atoms with Crippen LogP contribution in [0, 0.1) is 11.5 Å². The van der Waals surface area contributed by atoms with Crippen molar-refractivity contribution in [2.45, 2.75) is 73.5 Å². The summed E-state index contributed by atoms with van der Waals surface area (Å²) in [5.74, 6) is -0.507. The van der Waals surface area contributed by atoms with E-state index in [4.69, 9.17) is 14.2 Å². The number of hydrogen-bond donors (Lipinski definition) is 0. The Morgan fingerprint density at radius 2 is 1.11 bits per heavy atom. The van der Waals surface area contributed by atoms with Crippen LogP contribution >= 0.6 is 22.9 Å². The van der Waals surface area contributed by atoms with Crippen molar-refractivity contribution in [1.29, 1.82) is 5.26 Å². The maximum Gasteiger partial charge on any atom is 0.307 e. The molecule has 2 unspecified atom stereocenters. The summed E-state index contributed by atoms with van der Waals surface area (Å²) in [6, 6.07) is 0. The largest absolute Gasteiger partial charge is 0.463 e. The van der Waals surface area contributed by atoms with Crippen LogP contribution in [0.25, 0.3) is 0 Å². The molecule has 264 valence electrons. The number of halogens is 1. The van der Waals surface area contributed by atoms with Crippen LogP contribution in [-0.2, 0) is 23.8 Å². The minimum atomic E-state index is -0.393. The van der Waals surface area contributed by atoms with Crippen LogP contribution in [0.5, 0.6) is 0 Å². The lowest BCUT2D eigenvalue weighted by atomic mass is 10.3. The van der Waals surface area contributed by atoms with Gasteiger partial charge in [-0.2, -0.15) is 5.26 Å². The van der Waals surface area contributed by atoms with E-state index in [1.807, 2.05) is 27.8 Å². The van der Waals surface area contributed by atoms with Gasteiger partial charge >= 0.3 is 11.9 Å². The fourth-order valence-corrected chi connectivity index (χ4v) is 4.80. The lowest BCUT2D eigenvalue weighted by Crippen LogP contribution is -2.40. The van der Waals surface area contributed by atoms with Gasteiger partial charge in [-0.1, -0.05) is 27.7 Å². The Balaban J connectivity index is 4.52. The van der Waals surface area contributed by atoms with Gasteiger partial charge in [0.25, 0.3) is 0 Å². The topological polar surface area (TPSA) is 105 Å². The number of rotatable bonds is 29. The van der Waals surface area contributed by atoms with Gasteiger partial charge in [0.1, 0.15) is 12.7 Å². The van der Waals surface area contributed by atoms with Crippen LogP contribution in [0.1, 0.15) is 61.3 Å². The highest BCUT2D eigenvalue weighted by molar-refractivity contribution is 14.1. The Kier molecular flexibility index (Phi) is 27.0. The van der Waals surface area contributed by atoms with Crippen molar-refractivity contribution in [3.63, 3.8) is 0 Å². The average Bonchev–Trinajstić information content (AvgIpc) is 3.03. The molecule has 0 N–H and O–H groups in total. The third kappa shape index (κ3) is 23.7.